The van der Waals surface area contributed by atoms with Crippen molar-refractivity contribution in [1.82, 2.24) is 5.32 Å². The second-order valence-corrected chi connectivity index (χ2v) is 5.33. The molecule has 1 heterocycles. The van der Waals surface area contributed by atoms with Gasteiger partial charge in [-0.1, -0.05) is 26.1 Å². The number of nitrogens with two attached hydrogens (primary N) is 1. The summed E-state index contributed by atoms with van der Waals surface area (Å²) in [4.78, 5) is 12.4. The topological polar surface area (TPSA) is 64.3 Å². The lowest BCUT2D eigenvalue weighted by molar-refractivity contribution is -0.126. The van der Waals surface area contributed by atoms with E-state index in [4.69, 9.17) is 22.7 Å². The molecule has 4 nitrogen and oxygen atoms in total. The average Bonchev–Trinajstić information content (AvgIpc) is 2.37. The molecule has 5 heteroatoms. The van der Waals surface area contributed by atoms with E-state index in [0.29, 0.717) is 11.4 Å². The van der Waals surface area contributed by atoms with Crippen LogP contribution in [0.5, 0.6) is 0 Å². The third-order valence-electron chi connectivity index (χ3n) is 3.74. The van der Waals surface area contributed by atoms with Crippen LogP contribution in [0.25, 0.3) is 0 Å². The van der Waals surface area contributed by atoms with E-state index < -0.39 is 5.54 Å². The predicted octanol–water partition coefficient (Wildman–Crippen LogP) is 1.91. The van der Waals surface area contributed by atoms with Crippen molar-refractivity contribution < 1.29 is 9.53 Å². The van der Waals surface area contributed by atoms with Gasteiger partial charge in [-0.05, 0) is 32.1 Å². The van der Waals surface area contributed by atoms with Gasteiger partial charge in [-0.25, -0.2) is 0 Å². The number of carbonyl (C=O) groups excluding carboxylic acids is 1. The Morgan fingerprint density at radius 2 is 2.11 bits per heavy atom. The van der Waals surface area contributed by atoms with E-state index in [-0.39, 0.29) is 12.0 Å². The summed E-state index contributed by atoms with van der Waals surface area (Å²) in [6, 6.07) is 0. The summed E-state index contributed by atoms with van der Waals surface area (Å²) in [5.74, 6) is -0.0154. The average molecular weight is 272 g/mol. The molecule has 0 radical (unpaired) electrons. The summed E-state index contributed by atoms with van der Waals surface area (Å²) in [5.41, 5.74) is 5.22. The Balaban J connectivity index is 2.53. The first-order chi connectivity index (χ1) is 8.54. The first kappa shape index (κ1) is 15.4. The molecule has 3 N–H and O–H groups in total. The van der Waals surface area contributed by atoms with Crippen LogP contribution in [0.2, 0.25) is 0 Å². The van der Waals surface area contributed by atoms with Gasteiger partial charge in [0.25, 0.3) is 0 Å². The fourth-order valence-corrected chi connectivity index (χ4v) is 2.67. The van der Waals surface area contributed by atoms with Gasteiger partial charge < -0.3 is 15.8 Å². The largest absolute Gasteiger partial charge is 0.391 e. The van der Waals surface area contributed by atoms with Crippen LogP contribution in [-0.2, 0) is 9.53 Å². The van der Waals surface area contributed by atoms with Gasteiger partial charge in [-0.15, -0.1) is 0 Å². The van der Waals surface area contributed by atoms with Gasteiger partial charge in [-0.3, -0.25) is 4.79 Å². The maximum atomic E-state index is 12.0. The van der Waals surface area contributed by atoms with Crippen LogP contribution in [-0.4, -0.2) is 29.1 Å². The number of carbonyl (C=O) groups is 1. The summed E-state index contributed by atoms with van der Waals surface area (Å²) in [6.45, 7) is 4.74. The Kier molecular flexibility index (Phi) is 6.02. The fraction of sp³-hybridized carbons (Fsp3) is 0.846. The first-order valence-corrected chi connectivity index (χ1v) is 7.17. The Labute approximate surface area is 115 Å². The van der Waals surface area contributed by atoms with Crippen LogP contribution in [0, 0.1) is 0 Å². The Morgan fingerprint density at radius 3 is 2.56 bits per heavy atom. The Morgan fingerprint density at radius 1 is 1.44 bits per heavy atom. The highest BCUT2D eigenvalue weighted by atomic mass is 32.1. The zero-order chi connectivity index (χ0) is 13.6. The molecule has 0 saturated carbocycles. The molecule has 0 bridgehead atoms. The Bertz CT molecular complexity index is 297. The molecule has 0 aliphatic carbocycles. The van der Waals surface area contributed by atoms with Crippen molar-refractivity contribution in [3.63, 3.8) is 0 Å². The smallest absolute Gasteiger partial charge is 0.223 e. The second kappa shape index (κ2) is 7.04. The lowest BCUT2D eigenvalue weighted by atomic mass is 9.92. The molecule has 0 spiro atoms. The van der Waals surface area contributed by atoms with Gasteiger partial charge in [-0.2, -0.15) is 0 Å². The van der Waals surface area contributed by atoms with Gasteiger partial charge in [0.1, 0.15) is 0 Å². The third kappa shape index (κ3) is 3.92. The molecule has 0 aromatic heterocycles. The lowest BCUT2D eigenvalue weighted by Crippen LogP contribution is -2.56. The zero-order valence-corrected chi connectivity index (χ0v) is 12.1. The molecule has 1 rings (SSSR count). The van der Waals surface area contributed by atoms with Crippen molar-refractivity contribution in [2.45, 2.75) is 64.0 Å². The first-order valence-electron chi connectivity index (χ1n) is 6.76. The van der Waals surface area contributed by atoms with Crippen LogP contribution in [0.15, 0.2) is 0 Å². The van der Waals surface area contributed by atoms with Gasteiger partial charge >= 0.3 is 0 Å². The maximum absolute atomic E-state index is 12.0. The van der Waals surface area contributed by atoms with Crippen molar-refractivity contribution in [3.05, 3.63) is 0 Å². The highest BCUT2D eigenvalue weighted by Crippen LogP contribution is 2.19. The predicted molar refractivity (Wildman–Crippen MR) is 76.4 cm³/mol. The molecule has 18 heavy (non-hydrogen) atoms. The van der Waals surface area contributed by atoms with E-state index in [2.05, 4.69) is 5.32 Å². The summed E-state index contributed by atoms with van der Waals surface area (Å²) < 4.78 is 5.57. The Hall–Kier alpha value is -0.680. The number of rotatable bonds is 6. The molecule has 1 saturated heterocycles. The van der Waals surface area contributed by atoms with Gasteiger partial charge in [0.05, 0.1) is 23.1 Å². The van der Waals surface area contributed by atoms with Crippen molar-refractivity contribution in [2.24, 2.45) is 5.73 Å². The summed E-state index contributed by atoms with van der Waals surface area (Å²) in [5, 5.41) is 2.99. The molecule has 1 atom stereocenters. The monoisotopic (exact) mass is 272 g/mol. The van der Waals surface area contributed by atoms with Crippen LogP contribution in [0.1, 0.15) is 52.4 Å². The second-order valence-electron chi connectivity index (χ2n) is 4.89. The van der Waals surface area contributed by atoms with E-state index in [1.54, 1.807) is 0 Å². The fourth-order valence-electron chi connectivity index (χ4n) is 2.33. The minimum atomic E-state index is -0.541. The SMILES string of the molecule is CCC(CC)(NC(=O)CC1CCCCO1)C(N)=S. The molecule has 1 aliphatic heterocycles. The summed E-state index contributed by atoms with van der Waals surface area (Å²) in [6.07, 6.45) is 5.10. The van der Waals surface area contributed by atoms with Gasteiger partial charge in [0.2, 0.25) is 5.91 Å². The standard InChI is InChI=1S/C13H24N2O2S/c1-3-13(4-2,12(14)18)15-11(16)9-10-7-5-6-8-17-10/h10H,3-9H2,1-2H3,(H2,14,18)(H,15,16). The molecular weight excluding hydrogens is 248 g/mol. The number of nitrogens with one attached hydrogen (secondary N) is 1. The van der Waals surface area contributed by atoms with E-state index in [1.807, 2.05) is 13.8 Å². The van der Waals surface area contributed by atoms with E-state index >= 15 is 0 Å². The molecule has 0 aromatic carbocycles. The van der Waals surface area contributed by atoms with Crippen molar-refractivity contribution in [1.29, 1.82) is 0 Å². The van der Waals surface area contributed by atoms with Crippen LogP contribution < -0.4 is 11.1 Å². The molecule has 1 fully saturated rings. The quantitative estimate of drug-likeness (QED) is 0.725. The van der Waals surface area contributed by atoms with Crippen molar-refractivity contribution >= 4 is 23.1 Å². The van der Waals surface area contributed by atoms with E-state index in [9.17, 15) is 4.79 Å². The van der Waals surface area contributed by atoms with Crippen LogP contribution in [0.3, 0.4) is 0 Å². The van der Waals surface area contributed by atoms with Crippen molar-refractivity contribution in [2.75, 3.05) is 6.61 Å². The zero-order valence-electron chi connectivity index (χ0n) is 11.3. The molecular formula is C13H24N2O2S. The van der Waals surface area contributed by atoms with Gasteiger partial charge in [0.15, 0.2) is 0 Å². The van der Waals surface area contributed by atoms with Crippen LogP contribution >= 0.6 is 12.2 Å². The number of hydrogen-bond donors (Lipinski definition) is 2. The molecule has 104 valence electrons. The normalized spacial score (nSPS) is 20.4. The van der Waals surface area contributed by atoms with Gasteiger partial charge in [0, 0.05) is 6.61 Å². The minimum absolute atomic E-state index is 0.0154. The summed E-state index contributed by atoms with van der Waals surface area (Å²) >= 11 is 5.08. The minimum Gasteiger partial charge on any atom is -0.391 e. The van der Waals surface area contributed by atoms with Crippen molar-refractivity contribution in [3.8, 4) is 0 Å². The number of thiocarbonyl (C=S) groups is 1. The number of amides is 1. The number of ether oxygens (including phenoxy) is 1. The third-order valence-corrected chi connectivity index (χ3v) is 4.14. The molecule has 1 unspecified atom stereocenters. The highest BCUT2D eigenvalue weighted by Gasteiger charge is 2.32. The summed E-state index contributed by atoms with van der Waals surface area (Å²) in [7, 11) is 0. The number of hydrogen-bond acceptors (Lipinski definition) is 3. The van der Waals surface area contributed by atoms with E-state index in [0.717, 1.165) is 38.7 Å². The lowest BCUT2D eigenvalue weighted by Gasteiger charge is -2.32. The van der Waals surface area contributed by atoms with Crippen LogP contribution in [0.4, 0.5) is 0 Å². The highest BCUT2D eigenvalue weighted by molar-refractivity contribution is 7.80. The van der Waals surface area contributed by atoms with E-state index in [1.165, 1.54) is 0 Å². The molecule has 1 aliphatic rings. The molecule has 1 amide bonds. The maximum Gasteiger partial charge on any atom is 0.223 e. The molecule has 0 aromatic rings.